The van der Waals surface area contributed by atoms with Gasteiger partial charge in [0.05, 0.1) is 19.3 Å². The van der Waals surface area contributed by atoms with Gasteiger partial charge in [-0.2, -0.15) is 0 Å². The number of anilines is 1. The van der Waals surface area contributed by atoms with Crippen molar-refractivity contribution in [2.24, 2.45) is 10.7 Å². The van der Waals surface area contributed by atoms with Crippen LogP contribution in [0.1, 0.15) is 57.9 Å². The maximum atomic E-state index is 11.3. The second kappa shape index (κ2) is 14.6. The number of ether oxygens (including phenoxy) is 1. The van der Waals surface area contributed by atoms with E-state index in [9.17, 15) is 4.79 Å². The van der Waals surface area contributed by atoms with E-state index >= 15 is 0 Å². The molecule has 1 rings (SSSR count). The number of rotatable bonds is 11. The van der Waals surface area contributed by atoms with Crippen molar-refractivity contribution in [2.75, 3.05) is 19.0 Å². The van der Waals surface area contributed by atoms with Crippen LogP contribution in [0.25, 0.3) is 0 Å². The van der Waals surface area contributed by atoms with Gasteiger partial charge >= 0.3 is 0 Å². The number of carbonyl (C=O) groups excluding carboxylic acids is 1. The molecule has 4 N–H and O–H groups in total. The van der Waals surface area contributed by atoms with Crippen molar-refractivity contribution in [3.63, 3.8) is 0 Å². The predicted molar refractivity (Wildman–Crippen MR) is 119 cm³/mol. The number of halogens is 1. The molecule has 0 aliphatic heterocycles. The summed E-state index contributed by atoms with van der Waals surface area (Å²) < 4.78 is 5.24. The Bertz CT molecular complexity index is 564. The summed E-state index contributed by atoms with van der Waals surface area (Å²) in [5.41, 5.74) is 7.50. The molecule has 0 unspecified atom stereocenters. The van der Waals surface area contributed by atoms with Gasteiger partial charge in [-0.3, -0.25) is 4.79 Å². The van der Waals surface area contributed by atoms with E-state index < -0.39 is 0 Å². The van der Waals surface area contributed by atoms with E-state index in [-0.39, 0.29) is 29.9 Å². The van der Waals surface area contributed by atoms with Gasteiger partial charge in [0.1, 0.15) is 5.75 Å². The molecule has 0 aliphatic rings. The predicted octanol–water partition coefficient (Wildman–Crippen LogP) is 4.04. The van der Waals surface area contributed by atoms with E-state index in [0.29, 0.717) is 23.9 Å². The molecule has 0 saturated heterocycles. The third-order valence-electron chi connectivity index (χ3n) is 3.84. The number of hydrogen-bond acceptors (Lipinski definition) is 3. The van der Waals surface area contributed by atoms with E-state index in [1.807, 2.05) is 18.2 Å². The zero-order chi connectivity index (χ0) is 18.5. The number of amides is 1. The van der Waals surface area contributed by atoms with E-state index in [0.717, 1.165) is 18.5 Å². The number of hydrogen-bond donors (Lipinski definition) is 3. The Morgan fingerprint density at radius 2 is 1.88 bits per heavy atom. The minimum absolute atomic E-state index is 0. The fourth-order valence-corrected chi connectivity index (χ4v) is 2.49. The van der Waals surface area contributed by atoms with Crippen LogP contribution in [0, 0.1) is 0 Å². The molecule has 0 saturated carbocycles. The minimum atomic E-state index is -0.140. The minimum Gasteiger partial charge on any atom is -0.495 e. The first kappa shape index (κ1) is 24.5. The molecular weight excluding hydrogens is 443 g/mol. The van der Waals surface area contributed by atoms with Gasteiger partial charge in [-0.15, -0.1) is 24.0 Å². The summed E-state index contributed by atoms with van der Waals surface area (Å²) in [5.74, 6) is 0.932. The van der Waals surface area contributed by atoms with Gasteiger partial charge in [0, 0.05) is 13.5 Å². The molecule has 1 aromatic carbocycles. The molecule has 6 nitrogen and oxygen atoms in total. The lowest BCUT2D eigenvalue weighted by molar-refractivity contribution is -0.114. The number of carbonyl (C=O) groups is 1. The summed E-state index contributed by atoms with van der Waals surface area (Å²) in [7, 11) is 1.57. The van der Waals surface area contributed by atoms with Crippen LogP contribution in [0.5, 0.6) is 5.75 Å². The Balaban J connectivity index is 0.00000625. The molecule has 26 heavy (non-hydrogen) atoms. The van der Waals surface area contributed by atoms with Gasteiger partial charge in [0.15, 0.2) is 5.96 Å². The molecule has 0 aliphatic carbocycles. The fourth-order valence-electron chi connectivity index (χ4n) is 2.49. The second-order valence-electron chi connectivity index (χ2n) is 6.11. The number of nitrogens with two attached hydrogens (primary N) is 1. The Morgan fingerprint density at radius 1 is 1.19 bits per heavy atom. The Labute approximate surface area is 174 Å². The molecule has 148 valence electrons. The monoisotopic (exact) mass is 476 g/mol. The van der Waals surface area contributed by atoms with Crippen LogP contribution >= 0.6 is 24.0 Å². The first-order valence-electron chi connectivity index (χ1n) is 9.05. The summed E-state index contributed by atoms with van der Waals surface area (Å²) in [6.45, 7) is 4.99. The highest BCUT2D eigenvalue weighted by atomic mass is 127. The summed E-state index contributed by atoms with van der Waals surface area (Å²) in [6.07, 6.45) is 7.51. The lowest BCUT2D eigenvalue weighted by Gasteiger charge is -2.10. The molecule has 0 atom stereocenters. The zero-order valence-electron chi connectivity index (χ0n) is 16.1. The first-order chi connectivity index (χ1) is 12.1. The number of guanidine groups is 1. The average molecular weight is 476 g/mol. The molecule has 1 amide bonds. The van der Waals surface area contributed by atoms with Gasteiger partial charge in [0.25, 0.3) is 0 Å². The van der Waals surface area contributed by atoms with Crippen molar-refractivity contribution >= 4 is 41.5 Å². The second-order valence-corrected chi connectivity index (χ2v) is 6.11. The normalized spacial score (nSPS) is 10.8. The van der Waals surface area contributed by atoms with Crippen LogP contribution in [0.15, 0.2) is 23.2 Å². The van der Waals surface area contributed by atoms with E-state index in [2.05, 4.69) is 22.5 Å². The quantitative estimate of drug-likeness (QED) is 0.195. The van der Waals surface area contributed by atoms with E-state index in [4.69, 9.17) is 10.5 Å². The topological polar surface area (TPSA) is 88.7 Å². The highest BCUT2D eigenvalue weighted by molar-refractivity contribution is 14.0. The number of aliphatic imine (C=N–C) groups is 1. The maximum absolute atomic E-state index is 11.3. The molecule has 0 bridgehead atoms. The van der Waals surface area contributed by atoms with Crippen molar-refractivity contribution < 1.29 is 9.53 Å². The Kier molecular flexibility index (Phi) is 13.8. The summed E-state index contributed by atoms with van der Waals surface area (Å²) in [5, 5.41) is 5.90. The molecule has 0 fully saturated rings. The largest absolute Gasteiger partial charge is 0.495 e. The van der Waals surface area contributed by atoms with Gasteiger partial charge < -0.3 is 21.1 Å². The lowest BCUT2D eigenvalue weighted by atomic mass is 10.1. The number of nitrogens with zero attached hydrogens (tertiary/aromatic N) is 1. The van der Waals surface area contributed by atoms with Gasteiger partial charge in [-0.25, -0.2) is 4.99 Å². The molecule has 1 aromatic rings. The van der Waals surface area contributed by atoms with Crippen LogP contribution in [0.4, 0.5) is 5.69 Å². The zero-order valence-corrected chi connectivity index (χ0v) is 18.5. The van der Waals surface area contributed by atoms with Gasteiger partial charge in [-0.1, -0.05) is 45.1 Å². The molecule has 0 radical (unpaired) electrons. The molecular formula is C19H33IN4O2. The smallest absolute Gasteiger partial charge is 0.221 e. The van der Waals surface area contributed by atoms with Crippen molar-refractivity contribution in [3.05, 3.63) is 23.8 Å². The standard InChI is InChI=1S/C19H32N4O2.HI/c1-4-5-6-7-8-9-12-21-19(20)22-14-16-10-11-18(25-3)17(13-16)23-15(2)24;/h10-11,13H,4-9,12,14H2,1-3H3,(H,23,24)(H3,20,21,22);1H. The van der Waals surface area contributed by atoms with Crippen LogP contribution < -0.4 is 21.1 Å². The van der Waals surface area contributed by atoms with Crippen molar-refractivity contribution in [2.45, 2.75) is 58.9 Å². The highest BCUT2D eigenvalue weighted by Crippen LogP contribution is 2.25. The van der Waals surface area contributed by atoms with Crippen molar-refractivity contribution in [1.82, 2.24) is 5.32 Å². The first-order valence-corrected chi connectivity index (χ1v) is 9.05. The van der Waals surface area contributed by atoms with Crippen molar-refractivity contribution in [3.8, 4) is 5.75 Å². The third kappa shape index (κ3) is 10.5. The number of unbranched alkanes of at least 4 members (excludes halogenated alkanes) is 5. The Morgan fingerprint density at radius 3 is 2.54 bits per heavy atom. The Hall–Kier alpha value is -1.51. The van der Waals surface area contributed by atoms with Gasteiger partial charge in [-0.05, 0) is 24.1 Å². The van der Waals surface area contributed by atoms with Crippen molar-refractivity contribution in [1.29, 1.82) is 0 Å². The fraction of sp³-hybridized carbons (Fsp3) is 0.579. The molecule has 0 spiro atoms. The number of nitrogens with one attached hydrogen (secondary N) is 2. The van der Waals surface area contributed by atoms with Crippen LogP contribution in [-0.2, 0) is 11.3 Å². The average Bonchev–Trinajstić information content (AvgIpc) is 2.59. The van der Waals surface area contributed by atoms with Gasteiger partial charge in [0.2, 0.25) is 5.91 Å². The van der Waals surface area contributed by atoms with E-state index in [1.54, 1.807) is 7.11 Å². The van der Waals surface area contributed by atoms with Crippen LogP contribution in [0.2, 0.25) is 0 Å². The van der Waals surface area contributed by atoms with Crippen LogP contribution in [-0.4, -0.2) is 25.5 Å². The third-order valence-corrected chi connectivity index (χ3v) is 3.84. The number of methoxy groups -OCH3 is 1. The molecule has 7 heteroatoms. The highest BCUT2D eigenvalue weighted by Gasteiger charge is 2.06. The maximum Gasteiger partial charge on any atom is 0.221 e. The summed E-state index contributed by atoms with van der Waals surface area (Å²) >= 11 is 0. The van der Waals surface area contributed by atoms with E-state index in [1.165, 1.54) is 39.0 Å². The summed E-state index contributed by atoms with van der Waals surface area (Å²) in [4.78, 5) is 15.6. The number of benzene rings is 1. The summed E-state index contributed by atoms with van der Waals surface area (Å²) in [6, 6.07) is 5.58. The molecule has 0 aromatic heterocycles. The van der Waals surface area contributed by atoms with Crippen LogP contribution in [0.3, 0.4) is 0 Å². The lowest BCUT2D eigenvalue weighted by Crippen LogP contribution is -2.32. The molecule has 0 heterocycles. The SMILES string of the molecule is CCCCCCCCNC(N)=NCc1ccc(OC)c(NC(C)=O)c1.I.